The Balaban J connectivity index is 0. The average molecular weight is 197 g/mol. The van der Waals surface area contributed by atoms with Crippen LogP contribution in [0.1, 0.15) is 13.3 Å². The van der Waals surface area contributed by atoms with E-state index in [1.165, 1.54) is 6.92 Å². The van der Waals surface area contributed by atoms with Crippen molar-refractivity contribution >= 4 is 21.7 Å². The molecular weight excluding hydrogens is 191 g/mol. The fraction of sp³-hybridized carbons (Fsp3) is 1.00. The van der Waals surface area contributed by atoms with E-state index in [0.717, 1.165) is 0 Å². The first-order valence-electron chi connectivity index (χ1n) is 2.18. The molecule has 1 unspecified atom stereocenters. The second kappa shape index (κ2) is 4.25. The summed E-state index contributed by atoms with van der Waals surface area (Å²) in [5.74, 6) is 0. The number of hydrogen-bond donors (Lipinski definition) is 1. The van der Waals surface area contributed by atoms with Crippen molar-refractivity contribution in [2.75, 3.05) is 0 Å². The first kappa shape index (κ1) is 13.7. The van der Waals surface area contributed by atoms with Gasteiger partial charge in [-0.3, -0.25) is 0 Å². The zero-order valence-electron chi connectivity index (χ0n) is 5.67. The summed E-state index contributed by atoms with van der Waals surface area (Å²) in [6.07, 6.45) is -0.319. The molecule has 0 fully saturated rings. The molecule has 0 aliphatic carbocycles. The molecule has 7 heteroatoms. The summed E-state index contributed by atoms with van der Waals surface area (Å²) in [6.45, 7) is 1.29. The molecule has 0 spiro atoms. The Morgan fingerprint density at radius 2 is 2.00 bits per heavy atom. The van der Waals surface area contributed by atoms with E-state index in [1.807, 2.05) is 0 Å². The van der Waals surface area contributed by atoms with Crippen LogP contribution in [0.2, 0.25) is 0 Å². The van der Waals surface area contributed by atoms with Crippen molar-refractivity contribution in [2.45, 2.75) is 17.7 Å². The monoisotopic (exact) mass is 196 g/mol. The Morgan fingerprint density at radius 1 is 1.70 bits per heavy atom. The van der Waals surface area contributed by atoms with Crippen molar-refractivity contribution in [3.05, 3.63) is 0 Å². The maximum absolute atomic E-state index is 9.95. The van der Waals surface area contributed by atoms with Crippen LogP contribution in [0.25, 0.3) is 0 Å². The third-order valence-electron chi connectivity index (χ3n) is 0.819. The molecular formula is C3H6ClNaO4S. The van der Waals surface area contributed by atoms with Crippen LogP contribution in [0.3, 0.4) is 0 Å². The molecule has 0 aliphatic rings. The van der Waals surface area contributed by atoms with Gasteiger partial charge in [0.15, 0.2) is 0 Å². The van der Waals surface area contributed by atoms with Crippen LogP contribution in [0.4, 0.5) is 0 Å². The number of alkyl halides is 1. The second-order valence-electron chi connectivity index (χ2n) is 1.50. The van der Waals surface area contributed by atoms with E-state index in [9.17, 15) is 13.0 Å². The van der Waals surface area contributed by atoms with Crippen molar-refractivity contribution in [1.29, 1.82) is 0 Å². The van der Waals surface area contributed by atoms with Gasteiger partial charge >= 0.3 is 29.6 Å². The summed E-state index contributed by atoms with van der Waals surface area (Å²) in [6, 6.07) is 0. The van der Waals surface area contributed by atoms with Gasteiger partial charge in [-0.1, -0.05) is 18.5 Å². The predicted octanol–water partition coefficient (Wildman–Crippen LogP) is -3.17. The van der Waals surface area contributed by atoms with E-state index < -0.39 is 14.5 Å². The number of hydrogen-bond acceptors (Lipinski definition) is 4. The Morgan fingerprint density at radius 3 is 2.00 bits per heavy atom. The minimum Gasteiger partial charge on any atom is -0.745 e. The minimum atomic E-state index is -4.78. The van der Waals surface area contributed by atoms with E-state index in [1.54, 1.807) is 0 Å². The Labute approximate surface area is 86.6 Å². The quantitative estimate of drug-likeness (QED) is 0.287. The van der Waals surface area contributed by atoms with Gasteiger partial charge in [0.1, 0.15) is 10.1 Å². The standard InChI is InChI=1S/C3H7ClO4S.Na/c1-2-3(4,5)9(6,7)8;/h5H,2H2,1H3,(H,6,7,8);/q;+1/p-1. The Bertz CT molecular complexity index is 187. The third kappa shape index (κ3) is 3.52. The van der Waals surface area contributed by atoms with Crippen molar-refractivity contribution in [1.82, 2.24) is 0 Å². The van der Waals surface area contributed by atoms with Gasteiger partial charge in [0, 0.05) is 6.42 Å². The van der Waals surface area contributed by atoms with Gasteiger partial charge in [0.2, 0.25) is 4.39 Å². The van der Waals surface area contributed by atoms with Gasteiger partial charge in [0.25, 0.3) is 0 Å². The maximum Gasteiger partial charge on any atom is 1.00 e. The molecule has 1 atom stereocenters. The zero-order valence-corrected chi connectivity index (χ0v) is 9.24. The minimum absolute atomic E-state index is 0. The van der Waals surface area contributed by atoms with Crippen LogP contribution >= 0.6 is 11.6 Å². The Hall–Kier alpha value is 1.16. The summed E-state index contributed by atoms with van der Waals surface area (Å²) >= 11 is 4.85. The molecule has 0 radical (unpaired) electrons. The number of rotatable bonds is 2. The summed E-state index contributed by atoms with van der Waals surface area (Å²) < 4.78 is 27.2. The molecule has 0 aromatic rings. The van der Waals surface area contributed by atoms with E-state index in [-0.39, 0.29) is 36.0 Å². The largest absolute Gasteiger partial charge is 1.00 e. The number of aliphatic hydroxyl groups is 1. The predicted molar refractivity (Wildman–Crippen MR) is 30.8 cm³/mol. The van der Waals surface area contributed by atoms with Gasteiger partial charge in [-0.05, 0) is 0 Å². The molecule has 0 bridgehead atoms. The van der Waals surface area contributed by atoms with Gasteiger partial charge in [0.05, 0.1) is 0 Å². The first-order valence-corrected chi connectivity index (χ1v) is 3.96. The Kier molecular flexibility index (Phi) is 5.84. The molecule has 0 aliphatic heterocycles. The van der Waals surface area contributed by atoms with Crippen molar-refractivity contribution < 1.29 is 47.6 Å². The maximum atomic E-state index is 9.95. The van der Waals surface area contributed by atoms with Crippen LogP contribution < -0.4 is 29.6 Å². The molecule has 0 saturated heterocycles. The molecule has 0 aromatic heterocycles. The van der Waals surface area contributed by atoms with Crippen molar-refractivity contribution in [3.8, 4) is 0 Å². The summed E-state index contributed by atoms with van der Waals surface area (Å²) in [5, 5.41) is 8.52. The molecule has 0 aromatic carbocycles. The van der Waals surface area contributed by atoms with Crippen LogP contribution in [-0.2, 0) is 10.1 Å². The molecule has 0 amide bonds. The van der Waals surface area contributed by atoms with Gasteiger partial charge in [-0.25, -0.2) is 8.42 Å². The SMILES string of the molecule is CCC(O)(Cl)S(=O)(=O)[O-].[Na+]. The van der Waals surface area contributed by atoms with Gasteiger partial charge in [-0.15, -0.1) is 0 Å². The summed E-state index contributed by atoms with van der Waals surface area (Å²) in [7, 11) is -4.78. The molecule has 0 saturated carbocycles. The van der Waals surface area contributed by atoms with Crippen LogP contribution in [0.15, 0.2) is 0 Å². The normalized spacial score (nSPS) is 17.2. The van der Waals surface area contributed by atoms with E-state index >= 15 is 0 Å². The van der Waals surface area contributed by atoms with Crippen LogP contribution in [0, 0.1) is 0 Å². The fourth-order valence-electron chi connectivity index (χ4n) is 0.177. The number of halogens is 1. The molecule has 4 nitrogen and oxygen atoms in total. The van der Waals surface area contributed by atoms with Crippen LogP contribution in [-0.4, -0.2) is 22.5 Å². The molecule has 56 valence electrons. The molecule has 0 rings (SSSR count). The molecule has 0 heterocycles. The van der Waals surface area contributed by atoms with E-state index in [2.05, 4.69) is 0 Å². The van der Waals surface area contributed by atoms with E-state index in [0.29, 0.717) is 0 Å². The fourth-order valence-corrected chi connectivity index (χ4v) is 0.530. The molecule has 10 heavy (non-hydrogen) atoms. The topological polar surface area (TPSA) is 77.4 Å². The third-order valence-corrected chi connectivity index (χ3v) is 2.71. The first-order chi connectivity index (χ1) is 3.81. The summed E-state index contributed by atoms with van der Waals surface area (Å²) in [4.78, 5) is 0. The molecule has 1 N–H and O–H groups in total. The van der Waals surface area contributed by atoms with Crippen LogP contribution in [0.5, 0.6) is 0 Å². The average Bonchev–Trinajstić information content (AvgIpc) is 1.64. The second-order valence-corrected chi connectivity index (χ2v) is 3.93. The summed E-state index contributed by atoms with van der Waals surface area (Å²) in [5.41, 5.74) is 0. The van der Waals surface area contributed by atoms with Gasteiger partial charge < -0.3 is 9.66 Å². The smallest absolute Gasteiger partial charge is 0.745 e. The zero-order chi connectivity index (χ0) is 7.71. The van der Waals surface area contributed by atoms with Crippen molar-refractivity contribution in [2.24, 2.45) is 0 Å². The van der Waals surface area contributed by atoms with Crippen molar-refractivity contribution in [3.63, 3.8) is 0 Å². The van der Waals surface area contributed by atoms with E-state index in [4.69, 9.17) is 16.7 Å². The van der Waals surface area contributed by atoms with Gasteiger partial charge in [-0.2, -0.15) is 0 Å².